The number of amides is 1. The van der Waals surface area contributed by atoms with Crippen LogP contribution in [0.4, 0.5) is 0 Å². The van der Waals surface area contributed by atoms with Crippen molar-refractivity contribution < 1.29 is 28.5 Å². The minimum absolute atomic E-state index is 0.174. The molecule has 7 nitrogen and oxygen atoms in total. The predicted molar refractivity (Wildman–Crippen MR) is 107 cm³/mol. The van der Waals surface area contributed by atoms with E-state index >= 15 is 0 Å². The molecule has 3 rings (SSSR count). The van der Waals surface area contributed by atoms with E-state index < -0.39 is 24.6 Å². The van der Waals surface area contributed by atoms with E-state index in [4.69, 9.17) is 53.8 Å². The van der Waals surface area contributed by atoms with Crippen molar-refractivity contribution in [2.24, 2.45) is 0 Å². The van der Waals surface area contributed by atoms with Gasteiger partial charge in [-0.15, -0.1) is 0 Å². The molecule has 2 aromatic rings. The number of hydrogen-bond acceptors (Lipinski definition) is 6. The lowest BCUT2D eigenvalue weighted by Gasteiger charge is -2.14. The van der Waals surface area contributed by atoms with Crippen LogP contribution in [-0.4, -0.2) is 31.4 Å². The third-order valence-corrected chi connectivity index (χ3v) is 4.92. The van der Waals surface area contributed by atoms with Gasteiger partial charge in [-0.25, -0.2) is 4.79 Å². The van der Waals surface area contributed by atoms with Crippen LogP contribution in [0.2, 0.25) is 15.1 Å². The zero-order chi connectivity index (χ0) is 21.0. The smallest absolute Gasteiger partial charge is 0.344 e. The van der Waals surface area contributed by atoms with E-state index in [0.717, 1.165) is 5.56 Å². The van der Waals surface area contributed by atoms with Crippen LogP contribution in [0.25, 0.3) is 0 Å². The second-order valence-corrected chi connectivity index (χ2v) is 7.24. The van der Waals surface area contributed by atoms with Crippen LogP contribution in [0.3, 0.4) is 0 Å². The Morgan fingerprint density at radius 3 is 2.59 bits per heavy atom. The normalized spacial score (nSPS) is 13.0. The van der Waals surface area contributed by atoms with Gasteiger partial charge in [0.2, 0.25) is 6.79 Å². The molecule has 0 saturated carbocycles. The first-order valence-electron chi connectivity index (χ1n) is 8.46. The van der Waals surface area contributed by atoms with Crippen molar-refractivity contribution >= 4 is 46.7 Å². The van der Waals surface area contributed by atoms with Gasteiger partial charge in [-0.2, -0.15) is 0 Å². The molecule has 154 valence electrons. The average Bonchev–Trinajstić information content (AvgIpc) is 3.15. The van der Waals surface area contributed by atoms with E-state index in [1.807, 2.05) is 0 Å². The fourth-order valence-corrected chi connectivity index (χ4v) is 3.01. The topological polar surface area (TPSA) is 83.1 Å². The molecule has 1 amide bonds. The number of esters is 1. The Morgan fingerprint density at radius 1 is 1.07 bits per heavy atom. The Labute approximate surface area is 181 Å². The summed E-state index contributed by atoms with van der Waals surface area (Å²) in [7, 11) is 0. The van der Waals surface area contributed by atoms with E-state index in [9.17, 15) is 9.59 Å². The average molecular weight is 461 g/mol. The highest BCUT2D eigenvalue weighted by Crippen LogP contribution is 2.34. The highest BCUT2D eigenvalue weighted by Gasteiger charge is 2.19. The van der Waals surface area contributed by atoms with Gasteiger partial charge in [0.25, 0.3) is 5.91 Å². The van der Waals surface area contributed by atoms with Crippen LogP contribution >= 0.6 is 34.8 Å². The third kappa shape index (κ3) is 5.59. The summed E-state index contributed by atoms with van der Waals surface area (Å²) in [6.07, 6.45) is -1.01. The molecule has 0 spiro atoms. The summed E-state index contributed by atoms with van der Waals surface area (Å²) < 4.78 is 20.9. The molecule has 10 heteroatoms. The van der Waals surface area contributed by atoms with Gasteiger partial charge < -0.3 is 24.3 Å². The first kappa shape index (κ1) is 21.4. The molecule has 29 heavy (non-hydrogen) atoms. The molecule has 1 aliphatic rings. The molecule has 1 unspecified atom stereocenters. The van der Waals surface area contributed by atoms with Gasteiger partial charge in [-0.1, -0.05) is 40.9 Å². The summed E-state index contributed by atoms with van der Waals surface area (Å²) in [6.45, 7) is 1.43. The van der Waals surface area contributed by atoms with Gasteiger partial charge in [0.1, 0.15) is 5.75 Å². The molecule has 0 aromatic heterocycles. The molecule has 1 aliphatic heterocycles. The molecule has 1 N–H and O–H groups in total. The Bertz CT molecular complexity index is 936. The number of fused-ring (bicyclic) bond motifs is 1. The molecule has 2 aromatic carbocycles. The van der Waals surface area contributed by atoms with Crippen LogP contribution < -0.4 is 19.5 Å². The van der Waals surface area contributed by atoms with Crippen molar-refractivity contribution in [2.45, 2.75) is 19.6 Å². The largest absolute Gasteiger partial charge is 0.480 e. The van der Waals surface area contributed by atoms with Crippen LogP contribution in [0.15, 0.2) is 30.3 Å². The second kappa shape index (κ2) is 9.43. The van der Waals surface area contributed by atoms with Gasteiger partial charge in [0.05, 0.1) is 15.1 Å². The molecule has 1 heterocycles. The van der Waals surface area contributed by atoms with Crippen LogP contribution in [0.1, 0.15) is 12.5 Å². The lowest BCUT2D eigenvalue weighted by atomic mass is 10.2. The van der Waals surface area contributed by atoms with Crippen LogP contribution in [-0.2, 0) is 20.9 Å². The highest BCUT2D eigenvalue weighted by atomic mass is 35.5. The van der Waals surface area contributed by atoms with E-state index in [-0.39, 0.29) is 34.2 Å². The Balaban J connectivity index is 1.45. The zero-order valence-electron chi connectivity index (χ0n) is 15.2. The second-order valence-electron chi connectivity index (χ2n) is 6.02. The van der Waals surface area contributed by atoms with Crippen molar-refractivity contribution in [1.82, 2.24) is 5.32 Å². The van der Waals surface area contributed by atoms with Crippen LogP contribution in [0, 0.1) is 0 Å². The van der Waals surface area contributed by atoms with Gasteiger partial charge >= 0.3 is 5.97 Å². The maximum atomic E-state index is 12.2. The van der Waals surface area contributed by atoms with Crippen molar-refractivity contribution in [3.05, 3.63) is 51.0 Å². The van der Waals surface area contributed by atoms with Crippen molar-refractivity contribution in [3.8, 4) is 17.2 Å². The fourth-order valence-electron chi connectivity index (χ4n) is 2.42. The summed E-state index contributed by atoms with van der Waals surface area (Å²) in [5, 5.41) is 3.38. The van der Waals surface area contributed by atoms with Gasteiger partial charge in [-0.05, 0) is 30.7 Å². The summed E-state index contributed by atoms with van der Waals surface area (Å²) in [6, 6.07) is 8.13. The number of carbonyl (C=O) groups is 2. The van der Waals surface area contributed by atoms with Crippen molar-refractivity contribution in [2.75, 3.05) is 13.4 Å². The maximum absolute atomic E-state index is 12.2. The monoisotopic (exact) mass is 459 g/mol. The summed E-state index contributed by atoms with van der Waals surface area (Å²) in [5.74, 6) is 0.262. The molecule has 0 bridgehead atoms. The third-order valence-electron chi connectivity index (χ3n) is 3.90. The Morgan fingerprint density at radius 2 is 1.79 bits per heavy atom. The molecule has 1 atom stereocenters. The predicted octanol–water partition coefficient (Wildman–Crippen LogP) is 4.00. The number of halogens is 3. The SMILES string of the molecule is CC(OC(=O)COc1cc(Cl)c(Cl)cc1Cl)C(=O)NCc1ccc2c(c1)OCO2. The van der Waals surface area contributed by atoms with E-state index in [1.165, 1.54) is 19.1 Å². The van der Waals surface area contributed by atoms with Gasteiger partial charge in [0, 0.05) is 12.6 Å². The molecule has 0 fully saturated rings. The number of ether oxygens (including phenoxy) is 4. The first-order valence-corrected chi connectivity index (χ1v) is 9.60. The molecule has 0 radical (unpaired) electrons. The summed E-state index contributed by atoms with van der Waals surface area (Å²) >= 11 is 17.7. The fraction of sp³-hybridized carbons (Fsp3) is 0.263. The Hall–Kier alpha value is -2.35. The lowest BCUT2D eigenvalue weighted by molar-refractivity contribution is -0.156. The number of rotatable bonds is 7. The standard InChI is InChI=1S/C19H16Cl3NO6/c1-10(19(25)23-7-11-2-3-15-17(4-11)28-9-27-15)29-18(24)8-26-16-6-13(21)12(20)5-14(16)22/h2-6,10H,7-9H2,1H3,(H,23,25). The van der Waals surface area contributed by atoms with Crippen LogP contribution in [0.5, 0.6) is 17.2 Å². The molecule has 0 saturated heterocycles. The Kier molecular flexibility index (Phi) is 6.95. The molecular formula is C19H16Cl3NO6. The number of nitrogens with one attached hydrogen (secondary N) is 1. The van der Waals surface area contributed by atoms with E-state index in [2.05, 4.69) is 5.32 Å². The number of carbonyl (C=O) groups excluding carboxylic acids is 2. The summed E-state index contributed by atoms with van der Waals surface area (Å²) in [5.41, 5.74) is 0.818. The van der Waals surface area contributed by atoms with Crippen molar-refractivity contribution in [1.29, 1.82) is 0 Å². The quantitative estimate of drug-likeness (QED) is 0.497. The van der Waals surface area contributed by atoms with E-state index in [0.29, 0.717) is 11.5 Å². The molecular weight excluding hydrogens is 445 g/mol. The number of hydrogen-bond donors (Lipinski definition) is 1. The van der Waals surface area contributed by atoms with E-state index in [1.54, 1.807) is 18.2 Å². The number of benzene rings is 2. The highest BCUT2D eigenvalue weighted by molar-refractivity contribution is 6.43. The minimum Gasteiger partial charge on any atom is -0.480 e. The summed E-state index contributed by atoms with van der Waals surface area (Å²) in [4.78, 5) is 24.1. The zero-order valence-corrected chi connectivity index (χ0v) is 17.4. The molecule has 0 aliphatic carbocycles. The lowest BCUT2D eigenvalue weighted by Crippen LogP contribution is -2.36. The van der Waals surface area contributed by atoms with Gasteiger partial charge in [-0.3, -0.25) is 4.79 Å². The maximum Gasteiger partial charge on any atom is 0.344 e. The van der Waals surface area contributed by atoms with Crippen molar-refractivity contribution in [3.63, 3.8) is 0 Å². The first-order chi connectivity index (χ1) is 13.8. The van der Waals surface area contributed by atoms with Gasteiger partial charge in [0.15, 0.2) is 24.2 Å². The minimum atomic E-state index is -1.01.